The van der Waals surface area contributed by atoms with E-state index in [9.17, 15) is 4.79 Å². The number of H-pyrrole nitrogens is 1. The van der Waals surface area contributed by atoms with Gasteiger partial charge >= 0.3 is 0 Å². The van der Waals surface area contributed by atoms with E-state index in [0.29, 0.717) is 23.8 Å². The number of nitrogens with one attached hydrogen (secondary N) is 2. The molecule has 25 heavy (non-hydrogen) atoms. The largest absolute Gasteiger partial charge is 0.348 e. The van der Waals surface area contributed by atoms with Crippen molar-refractivity contribution in [2.45, 2.75) is 19.4 Å². The highest BCUT2D eigenvalue weighted by Gasteiger charge is 2.26. The lowest BCUT2D eigenvalue weighted by atomic mass is 10.2. The number of amides is 1. The maximum Gasteiger partial charge on any atom is 0.226 e. The first kappa shape index (κ1) is 15.8. The van der Waals surface area contributed by atoms with Gasteiger partial charge in [0.05, 0.1) is 19.2 Å². The molecule has 128 valence electrons. The summed E-state index contributed by atoms with van der Waals surface area (Å²) in [6, 6.07) is 0. The Bertz CT molecular complexity index is 831. The minimum Gasteiger partial charge on any atom is -0.348 e. The lowest BCUT2D eigenvalue weighted by molar-refractivity contribution is -0.120. The molecule has 4 heterocycles. The van der Waals surface area contributed by atoms with Crippen LogP contribution in [0.2, 0.25) is 0 Å². The molecule has 0 radical (unpaired) electrons. The van der Waals surface area contributed by atoms with Gasteiger partial charge in [0.2, 0.25) is 11.7 Å². The quantitative estimate of drug-likeness (QED) is 0.819. The number of nitrogens with zero attached hydrogens (tertiary/aromatic N) is 6. The standard InChI is InChI=1S/C15H16N8OS/c24-13(6-10-9-25-15-18-2-1-5-23(10)15)19-8-12-20-14(22-21-12)11-7-16-3-4-17-11/h3-4,7,9H,1-2,5-6,8H2,(H,19,24)(H,20,21,22). The fourth-order valence-corrected chi connectivity index (χ4v) is 3.54. The second-order valence-corrected chi connectivity index (χ2v) is 6.38. The summed E-state index contributed by atoms with van der Waals surface area (Å²) in [5.74, 6) is 0.974. The molecule has 0 bridgehead atoms. The van der Waals surface area contributed by atoms with Crippen LogP contribution in [0, 0.1) is 0 Å². The van der Waals surface area contributed by atoms with Gasteiger partial charge in [-0.25, -0.2) is 9.97 Å². The number of carbonyl (C=O) groups is 1. The van der Waals surface area contributed by atoms with Crippen molar-refractivity contribution in [2.75, 3.05) is 13.1 Å². The number of aliphatic imine (C=N–C) groups is 1. The lowest BCUT2D eigenvalue weighted by Gasteiger charge is -2.25. The molecule has 0 aromatic carbocycles. The van der Waals surface area contributed by atoms with Crippen molar-refractivity contribution in [2.24, 2.45) is 4.99 Å². The summed E-state index contributed by atoms with van der Waals surface area (Å²) in [7, 11) is 0. The first-order valence-corrected chi connectivity index (χ1v) is 8.79. The molecule has 1 amide bonds. The van der Waals surface area contributed by atoms with Gasteiger partial charge in [0.15, 0.2) is 5.17 Å². The Kier molecular flexibility index (Phi) is 4.42. The van der Waals surface area contributed by atoms with Crippen molar-refractivity contribution in [3.63, 3.8) is 0 Å². The van der Waals surface area contributed by atoms with Crippen molar-refractivity contribution in [3.05, 3.63) is 35.5 Å². The molecule has 2 aliphatic heterocycles. The number of amidine groups is 1. The molecule has 0 fully saturated rings. The predicted molar refractivity (Wildman–Crippen MR) is 93.2 cm³/mol. The average Bonchev–Trinajstić information content (AvgIpc) is 3.28. The van der Waals surface area contributed by atoms with E-state index in [2.05, 4.69) is 40.4 Å². The van der Waals surface area contributed by atoms with Crippen LogP contribution < -0.4 is 5.32 Å². The summed E-state index contributed by atoms with van der Waals surface area (Å²) in [6.45, 7) is 2.08. The van der Waals surface area contributed by atoms with Crippen molar-refractivity contribution in [3.8, 4) is 11.5 Å². The van der Waals surface area contributed by atoms with Crippen LogP contribution in [0.1, 0.15) is 18.7 Å². The molecule has 2 aromatic rings. The number of hydrogen-bond acceptors (Lipinski definition) is 8. The van der Waals surface area contributed by atoms with Crippen LogP contribution in [-0.4, -0.2) is 54.2 Å². The van der Waals surface area contributed by atoms with Crippen LogP contribution in [0.3, 0.4) is 0 Å². The predicted octanol–water partition coefficient (Wildman–Crippen LogP) is 0.918. The molecule has 9 nitrogen and oxygen atoms in total. The van der Waals surface area contributed by atoms with Crippen LogP contribution in [0.4, 0.5) is 0 Å². The number of aromatic amines is 1. The Morgan fingerprint density at radius 1 is 1.40 bits per heavy atom. The molecule has 2 N–H and O–H groups in total. The first-order valence-electron chi connectivity index (χ1n) is 7.91. The summed E-state index contributed by atoms with van der Waals surface area (Å²) in [6.07, 6.45) is 6.11. The van der Waals surface area contributed by atoms with E-state index in [0.717, 1.165) is 30.4 Å². The van der Waals surface area contributed by atoms with E-state index < -0.39 is 0 Å². The topological polar surface area (TPSA) is 112 Å². The second-order valence-electron chi connectivity index (χ2n) is 5.55. The van der Waals surface area contributed by atoms with Crippen molar-refractivity contribution < 1.29 is 4.79 Å². The number of rotatable bonds is 5. The zero-order valence-electron chi connectivity index (χ0n) is 13.3. The Labute approximate surface area is 148 Å². The van der Waals surface area contributed by atoms with E-state index in [1.165, 1.54) is 0 Å². The summed E-state index contributed by atoms with van der Waals surface area (Å²) in [4.78, 5) is 31.2. The van der Waals surface area contributed by atoms with E-state index in [1.54, 1.807) is 30.4 Å². The van der Waals surface area contributed by atoms with Crippen LogP contribution in [0.5, 0.6) is 0 Å². The molecule has 2 aliphatic rings. The zero-order chi connectivity index (χ0) is 17.1. The van der Waals surface area contributed by atoms with Crippen molar-refractivity contribution in [1.29, 1.82) is 0 Å². The highest BCUT2D eigenvalue weighted by atomic mass is 32.2. The maximum atomic E-state index is 12.2. The Hall–Kier alpha value is -2.75. The SMILES string of the molecule is O=C(CC1=CSC2=NCCCN12)NCc1nc(-c2cnccn2)n[nH]1. The van der Waals surface area contributed by atoms with Crippen molar-refractivity contribution >= 4 is 22.8 Å². The van der Waals surface area contributed by atoms with Crippen LogP contribution >= 0.6 is 11.8 Å². The van der Waals surface area contributed by atoms with Gasteiger partial charge in [-0.15, -0.1) is 0 Å². The Morgan fingerprint density at radius 3 is 3.24 bits per heavy atom. The second kappa shape index (κ2) is 7.01. The van der Waals surface area contributed by atoms with E-state index in [-0.39, 0.29) is 12.5 Å². The fraction of sp³-hybridized carbons (Fsp3) is 0.333. The van der Waals surface area contributed by atoms with Gasteiger partial charge in [-0.1, -0.05) is 11.8 Å². The third-order valence-corrected chi connectivity index (χ3v) is 4.73. The first-order chi connectivity index (χ1) is 12.3. The van der Waals surface area contributed by atoms with Crippen LogP contribution in [0.15, 0.2) is 34.7 Å². The molecule has 0 saturated carbocycles. The zero-order valence-corrected chi connectivity index (χ0v) is 14.2. The molecular formula is C15H16N8OS. The Balaban J connectivity index is 1.32. The molecule has 0 unspecified atom stereocenters. The van der Waals surface area contributed by atoms with Crippen molar-refractivity contribution in [1.82, 2.24) is 35.4 Å². The molecular weight excluding hydrogens is 340 g/mol. The van der Waals surface area contributed by atoms with E-state index in [1.807, 2.05) is 5.41 Å². The third-order valence-electron chi connectivity index (χ3n) is 3.78. The third kappa shape index (κ3) is 3.53. The van der Waals surface area contributed by atoms with Crippen LogP contribution in [-0.2, 0) is 11.3 Å². The molecule has 10 heteroatoms. The highest BCUT2D eigenvalue weighted by Crippen LogP contribution is 2.30. The maximum absolute atomic E-state index is 12.2. The Morgan fingerprint density at radius 2 is 2.36 bits per heavy atom. The van der Waals surface area contributed by atoms with Gasteiger partial charge in [0, 0.05) is 31.2 Å². The number of hydrogen-bond donors (Lipinski definition) is 2. The van der Waals surface area contributed by atoms with E-state index in [4.69, 9.17) is 0 Å². The van der Waals surface area contributed by atoms with Gasteiger partial charge in [0.1, 0.15) is 11.5 Å². The number of fused-ring (bicyclic) bond motifs is 1. The lowest BCUT2D eigenvalue weighted by Crippen LogP contribution is -2.32. The molecule has 4 rings (SSSR count). The fourth-order valence-electron chi connectivity index (χ4n) is 2.59. The molecule has 2 aromatic heterocycles. The molecule has 0 spiro atoms. The molecule has 0 atom stereocenters. The van der Waals surface area contributed by atoms with Gasteiger partial charge in [-0.2, -0.15) is 5.10 Å². The monoisotopic (exact) mass is 356 g/mol. The van der Waals surface area contributed by atoms with Gasteiger partial charge in [0.25, 0.3) is 0 Å². The minimum absolute atomic E-state index is 0.0591. The van der Waals surface area contributed by atoms with Gasteiger partial charge in [-0.3, -0.25) is 19.9 Å². The number of aromatic nitrogens is 5. The summed E-state index contributed by atoms with van der Waals surface area (Å²) in [5.41, 5.74) is 1.58. The number of thioether (sulfide) groups is 1. The summed E-state index contributed by atoms with van der Waals surface area (Å²) in [5, 5.41) is 12.8. The van der Waals surface area contributed by atoms with Crippen LogP contribution in [0.25, 0.3) is 11.5 Å². The summed E-state index contributed by atoms with van der Waals surface area (Å²) >= 11 is 1.58. The van der Waals surface area contributed by atoms with E-state index >= 15 is 0 Å². The smallest absolute Gasteiger partial charge is 0.226 e. The average molecular weight is 356 g/mol. The van der Waals surface area contributed by atoms with Gasteiger partial charge in [-0.05, 0) is 11.8 Å². The summed E-state index contributed by atoms with van der Waals surface area (Å²) < 4.78 is 0. The van der Waals surface area contributed by atoms with Gasteiger partial charge < -0.3 is 10.2 Å². The number of carbonyl (C=O) groups excluding carboxylic acids is 1. The normalized spacial score (nSPS) is 16.2. The highest BCUT2D eigenvalue weighted by molar-refractivity contribution is 8.16. The molecule has 0 saturated heterocycles. The minimum atomic E-state index is -0.0591. The molecule has 0 aliphatic carbocycles.